The number of aliphatic hydroxyl groups is 1. The summed E-state index contributed by atoms with van der Waals surface area (Å²) >= 11 is 0. The van der Waals surface area contributed by atoms with Crippen molar-refractivity contribution in [1.82, 2.24) is 4.98 Å². The molecule has 1 aromatic carbocycles. The first-order valence-electron chi connectivity index (χ1n) is 9.28. The minimum Gasteiger partial charge on any atom is -0.488 e. The largest absolute Gasteiger partial charge is 0.488 e. The fourth-order valence-corrected chi connectivity index (χ4v) is 4.37. The molecule has 1 aromatic heterocycles. The maximum Gasteiger partial charge on any atom is 0.125 e. The number of aromatic nitrogens is 1. The van der Waals surface area contributed by atoms with Gasteiger partial charge in [-0.3, -0.25) is 4.98 Å². The monoisotopic (exact) mass is 356 g/mol. The average Bonchev–Trinajstić information content (AvgIpc) is 3.02. The molecule has 4 rings (SSSR count). The average molecular weight is 356 g/mol. The van der Waals surface area contributed by atoms with Gasteiger partial charge in [-0.1, -0.05) is 0 Å². The van der Waals surface area contributed by atoms with Gasteiger partial charge in [0, 0.05) is 30.7 Å². The van der Waals surface area contributed by atoms with Gasteiger partial charge in [0.05, 0.1) is 6.10 Å². The van der Waals surface area contributed by atoms with Crippen molar-refractivity contribution >= 4 is 5.69 Å². The highest BCUT2D eigenvalue weighted by Crippen LogP contribution is 2.40. The molecular formula is C21H25FN2O2. The number of hydrogen-bond acceptors (Lipinski definition) is 4. The quantitative estimate of drug-likeness (QED) is 0.914. The van der Waals surface area contributed by atoms with E-state index in [1.165, 1.54) is 23.4 Å². The van der Waals surface area contributed by atoms with Crippen LogP contribution in [0, 0.1) is 31.5 Å². The first-order chi connectivity index (χ1) is 12.5. The lowest BCUT2D eigenvalue weighted by Gasteiger charge is -2.35. The minimum atomic E-state index is -0.485. The molecule has 2 aromatic rings. The smallest absolute Gasteiger partial charge is 0.125 e. The predicted molar refractivity (Wildman–Crippen MR) is 99.0 cm³/mol. The lowest BCUT2D eigenvalue weighted by atomic mass is 9.78. The Morgan fingerprint density at radius 3 is 2.50 bits per heavy atom. The van der Waals surface area contributed by atoms with Gasteiger partial charge in [-0.2, -0.15) is 0 Å². The molecular weight excluding hydrogens is 331 g/mol. The van der Waals surface area contributed by atoms with Gasteiger partial charge in [-0.25, -0.2) is 4.39 Å². The zero-order valence-corrected chi connectivity index (χ0v) is 15.2. The molecule has 0 spiro atoms. The summed E-state index contributed by atoms with van der Waals surface area (Å²) in [7, 11) is 0. The number of fused-ring (bicyclic) bond motifs is 1. The maximum absolute atomic E-state index is 13.1. The normalized spacial score (nSPS) is 28.1. The number of rotatable bonds is 3. The van der Waals surface area contributed by atoms with Crippen LogP contribution in [0.15, 0.2) is 36.5 Å². The summed E-state index contributed by atoms with van der Waals surface area (Å²) in [6, 6.07) is 8.11. The number of aryl methyl sites for hydroxylation is 1. The van der Waals surface area contributed by atoms with Crippen molar-refractivity contribution in [2.24, 2.45) is 11.8 Å². The Kier molecular flexibility index (Phi) is 4.57. The Labute approximate surface area is 153 Å². The zero-order valence-electron chi connectivity index (χ0n) is 15.2. The molecule has 2 aliphatic rings. The Balaban J connectivity index is 1.46. The molecule has 138 valence electrons. The van der Waals surface area contributed by atoms with Crippen LogP contribution in [0.3, 0.4) is 0 Å². The number of benzene rings is 1. The standard InChI is InChI=1S/C21H25FN2O2/c1-13-14(2)23-8-7-19(13)24-11-15-9-20(25)21(10-16(15)12-24)26-18-5-3-17(22)4-6-18/h3-8,15-16,20-21,25H,9-12H2,1-2H3/t15-,16+,20+,21+/m0/s1. The molecule has 26 heavy (non-hydrogen) atoms. The Hall–Kier alpha value is -2.14. The molecule has 4 nitrogen and oxygen atoms in total. The van der Waals surface area contributed by atoms with E-state index in [9.17, 15) is 9.50 Å². The summed E-state index contributed by atoms with van der Waals surface area (Å²) in [4.78, 5) is 6.79. The van der Waals surface area contributed by atoms with Crippen LogP contribution in [-0.2, 0) is 0 Å². The third-order valence-electron chi connectivity index (χ3n) is 5.95. The molecule has 0 bridgehead atoms. The maximum atomic E-state index is 13.1. The van der Waals surface area contributed by atoms with Gasteiger partial charge in [0.2, 0.25) is 0 Å². The summed E-state index contributed by atoms with van der Waals surface area (Å²) in [6.07, 6.45) is 2.72. The number of pyridine rings is 1. The molecule has 1 aliphatic heterocycles. The summed E-state index contributed by atoms with van der Waals surface area (Å²) < 4.78 is 19.0. The first kappa shape index (κ1) is 17.3. The second-order valence-corrected chi connectivity index (χ2v) is 7.61. The topological polar surface area (TPSA) is 45.6 Å². The fourth-order valence-electron chi connectivity index (χ4n) is 4.37. The molecule has 1 saturated carbocycles. The van der Waals surface area contributed by atoms with E-state index >= 15 is 0 Å². The number of ether oxygens (including phenoxy) is 1. The van der Waals surface area contributed by atoms with Crippen molar-refractivity contribution in [2.75, 3.05) is 18.0 Å². The molecule has 0 amide bonds. The molecule has 5 heteroatoms. The van der Waals surface area contributed by atoms with E-state index in [4.69, 9.17) is 4.74 Å². The van der Waals surface area contributed by atoms with E-state index in [1.807, 2.05) is 13.1 Å². The van der Waals surface area contributed by atoms with Crippen molar-refractivity contribution < 1.29 is 14.2 Å². The van der Waals surface area contributed by atoms with Crippen LogP contribution < -0.4 is 9.64 Å². The highest BCUT2D eigenvalue weighted by atomic mass is 19.1. The first-order valence-corrected chi connectivity index (χ1v) is 9.28. The van der Waals surface area contributed by atoms with Crippen LogP contribution in [0.4, 0.5) is 10.1 Å². The van der Waals surface area contributed by atoms with Gasteiger partial charge in [0.1, 0.15) is 17.7 Å². The van der Waals surface area contributed by atoms with Crippen LogP contribution in [-0.4, -0.2) is 35.4 Å². The van der Waals surface area contributed by atoms with Gasteiger partial charge in [0.15, 0.2) is 0 Å². The Bertz CT molecular complexity index is 780. The highest BCUT2D eigenvalue weighted by molar-refractivity contribution is 5.55. The zero-order chi connectivity index (χ0) is 18.3. The SMILES string of the molecule is Cc1nccc(N2C[C@H]3C[C@@H](Oc4ccc(F)cc4)[C@H](O)C[C@H]3C2)c1C. The Morgan fingerprint density at radius 2 is 1.77 bits per heavy atom. The fraction of sp³-hybridized carbons (Fsp3) is 0.476. The van der Waals surface area contributed by atoms with Gasteiger partial charge < -0.3 is 14.7 Å². The van der Waals surface area contributed by atoms with E-state index in [0.717, 1.165) is 31.6 Å². The molecule has 2 fully saturated rings. The molecule has 1 N–H and O–H groups in total. The number of halogens is 1. The van der Waals surface area contributed by atoms with E-state index in [0.29, 0.717) is 17.6 Å². The number of aliphatic hydroxyl groups excluding tert-OH is 1. The summed E-state index contributed by atoms with van der Waals surface area (Å²) in [6.45, 7) is 6.10. The van der Waals surface area contributed by atoms with E-state index in [1.54, 1.807) is 12.1 Å². The summed E-state index contributed by atoms with van der Waals surface area (Å²) in [5.74, 6) is 1.31. The number of anilines is 1. The second kappa shape index (κ2) is 6.88. The van der Waals surface area contributed by atoms with Crippen molar-refractivity contribution in [1.29, 1.82) is 0 Å². The molecule has 4 atom stereocenters. The summed E-state index contributed by atoms with van der Waals surface area (Å²) in [5, 5.41) is 10.6. The molecule has 2 heterocycles. The number of hydrogen-bond donors (Lipinski definition) is 1. The van der Waals surface area contributed by atoms with E-state index in [-0.39, 0.29) is 11.9 Å². The van der Waals surface area contributed by atoms with E-state index < -0.39 is 6.10 Å². The Morgan fingerprint density at radius 1 is 1.08 bits per heavy atom. The van der Waals surface area contributed by atoms with Crippen molar-refractivity contribution in [3.05, 3.63) is 53.6 Å². The van der Waals surface area contributed by atoms with Gasteiger partial charge in [-0.15, -0.1) is 0 Å². The lowest BCUT2D eigenvalue weighted by molar-refractivity contribution is -0.0231. The van der Waals surface area contributed by atoms with Crippen LogP contribution in [0.5, 0.6) is 5.75 Å². The lowest BCUT2D eigenvalue weighted by Crippen LogP contribution is -2.42. The van der Waals surface area contributed by atoms with E-state index in [2.05, 4.69) is 22.9 Å². The summed E-state index contributed by atoms with van der Waals surface area (Å²) in [5.41, 5.74) is 3.54. The molecule has 1 aliphatic carbocycles. The van der Waals surface area contributed by atoms with Crippen molar-refractivity contribution in [3.8, 4) is 5.75 Å². The predicted octanol–water partition coefficient (Wildman–Crippen LogP) is 3.49. The van der Waals surface area contributed by atoms with Gasteiger partial charge in [0.25, 0.3) is 0 Å². The highest BCUT2D eigenvalue weighted by Gasteiger charge is 2.43. The van der Waals surface area contributed by atoms with Crippen LogP contribution in [0.2, 0.25) is 0 Å². The van der Waals surface area contributed by atoms with Crippen LogP contribution in [0.1, 0.15) is 24.1 Å². The second-order valence-electron chi connectivity index (χ2n) is 7.61. The third-order valence-corrected chi connectivity index (χ3v) is 5.95. The molecule has 0 unspecified atom stereocenters. The van der Waals surface area contributed by atoms with Crippen molar-refractivity contribution in [3.63, 3.8) is 0 Å². The molecule has 0 radical (unpaired) electrons. The third kappa shape index (κ3) is 3.28. The number of nitrogens with zero attached hydrogens (tertiary/aromatic N) is 2. The van der Waals surface area contributed by atoms with Crippen LogP contribution >= 0.6 is 0 Å². The van der Waals surface area contributed by atoms with Crippen LogP contribution in [0.25, 0.3) is 0 Å². The van der Waals surface area contributed by atoms with Gasteiger partial charge >= 0.3 is 0 Å². The van der Waals surface area contributed by atoms with Gasteiger partial charge in [-0.05, 0) is 74.4 Å². The van der Waals surface area contributed by atoms with Crippen molar-refractivity contribution in [2.45, 2.75) is 38.9 Å². The minimum absolute atomic E-state index is 0.234. The molecule has 1 saturated heterocycles.